The Morgan fingerprint density at radius 2 is 1.64 bits per heavy atom. The van der Waals surface area contributed by atoms with Gasteiger partial charge in [0.1, 0.15) is 5.78 Å². The fourth-order valence-electron chi connectivity index (χ4n) is 7.65. The van der Waals surface area contributed by atoms with Gasteiger partial charge in [-0.2, -0.15) is 0 Å². The van der Waals surface area contributed by atoms with E-state index in [2.05, 4.69) is 20.8 Å². The van der Waals surface area contributed by atoms with Crippen LogP contribution in [0.25, 0.3) is 0 Å². The maximum Gasteiger partial charge on any atom is 0.155 e. The smallest absolute Gasteiger partial charge is 0.155 e. The molecule has 4 aliphatic carbocycles. The molecule has 6 unspecified atom stereocenters. The van der Waals surface area contributed by atoms with Crippen LogP contribution in [0, 0.1) is 40.4 Å². The number of Topliss-reactive ketones (excluding diaryl/α,β-unsaturated/α-hetero) is 1. The highest BCUT2D eigenvalue weighted by Crippen LogP contribution is 2.67. The fourth-order valence-corrected chi connectivity index (χ4v) is 7.65. The molecule has 28 heavy (non-hydrogen) atoms. The van der Waals surface area contributed by atoms with Gasteiger partial charge < -0.3 is 0 Å². The Kier molecular flexibility index (Phi) is 7.37. The van der Waals surface area contributed by atoms with E-state index < -0.39 is 0 Å². The molecule has 0 heterocycles. The van der Waals surface area contributed by atoms with Crippen LogP contribution in [0.5, 0.6) is 0 Å². The minimum Gasteiger partial charge on any atom is -0.300 e. The average Bonchev–Trinajstić information content (AvgIpc) is 3.04. The molecule has 0 aromatic heterocycles. The third kappa shape index (κ3) is 3.54. The van der Waals surface area contributed by atoms with Crippen molar-refractivity contribution in [2.45, 2.75) is 100 Å². The maximum atomic E-state index is 12.2. The zero-order valence-electron chi connectivity index (χ0n) is 19.7. The van der Waals surface area contributed by atoms with E-state index in [4.69, 9.17) is 0 Å². The third-order valence-electron chi connectivity index (χ3n) is 8.77. The first-order valence-electron chi connectivity index (χ1n) is 12.0. The number of rotatable bonds is 1. The fraction of sp³-hybridized carbons (Fsp3) is 0.846. The monoisotopic (exact) mass is 388 g/mol. The highest BCUT2D eigenvalue weighted by molar-refractivity contribution is 5.91. The van der Waals surface area contributed by atoms with E-state index in [1.54, 1.807) is 0 Å². The number of allylic oxidation sites excluding steroid dienone is 1. The van der Waals surface area contributed by atoms with E-state index in [0.717, 1.165) is 31.1 Å². The van der Waals surface area contributed by atoms with E-state index in [0.29, 0.717) is 23.4 Å². The standard InChI is InChI=1S/C22H32O2.2C2H6/c1-13-11-16-18-6-5-17(14(2)23)21(18,3)10-8-19(16)22(4)9-7-15(24)12-20(13)22;2*1-2/h12-13,16-19H,5-11H2,1-4H3;2*1-2H3/t13-,16?,17?,18?,19?,21?,22?;;/m0../s1. The van der Waals surface area contributed by atoms with Crippen molar-refractivity contribution in [3.63, 3.8) is 0 Å². The van der Waals surface area contributed by atoms with Crippen molar-refractivity contribution in [2.24, 2.45) is 40.4 Å². The molecule has 0 aliphatic heterocycles. The molecule has 4 aliphatic rings. The van der Waals surface area contributed by atoms with Crippen LogP contribution >= 0.6 is 0 Å². The van der Waals surface area contributed by atoms with Gasteiger partial charge in [0.05, 0.1) is 0 Å². The first kappa shape index (κ1) is 23.4. The summed E-state index contributed by atoms with van der Waals surface area (Å²) in [7, 11) is 0. The Hall–Kier alpha value is -0.920. The molecule has 0 spiro atoms. The summed E-state index contributed by atoms with van der Waals surface area (Å²) < 4.78 is 0. The van der Waals surface area contributed by atoms with Crippen molar-refractivity contribution in [3.05, 3.63) is 11.6 Å². The molecule has 0 bridgehead atoms. The minimum atomic E-state index is 0.228. The normalized spacial score (nSPS) is 43.8. The van der Waals surface area contributed by atoms with Gasteiger partial charge in [-0.3, -0.25) is 9.59 Å². The van der Waals surface area contributed by atoms with Crippen molar-refractivity contribution < 1.29 is 9.59 Å². The molecule has 4 rings (SSSR count). The van der Waals surface area contributed by atoms with Crippen LogP contribution in [-0.4, -0.2) is 11.6 Å². The molecule has 0 aromatic carbocycles. The molecule has 0 saturated heterocycles. The Bertz CT molecular complexity index is 618. The van der Waals surface area contributed by atoms with E-state index >= 15 is 0 Å². The largest absolute Gasteiger partial charge is 0.300 e. The van der Waals surface area contributed by atoms with Gasteiger partial charge in [0, 0.05) is 12.3 Å². The highest BCUT2D eigenvalue weighted by Gasteiger charge is 2.60. The lowest BCUT2D eigenvalue weighted by Crippen LogP contribution is -2.52. The van der Waals surface area contributed by atoms with Gasteiger partial charge in [0.15, 0.2) is 5.78 Å². The lowest BCUT2D eigenvalue weighted by molar-refractivity contribution is -0.129. The number of carbonyl (C=O) groups is 2. The summed E-state index contributed by atoms with van der Waals surface area (Å²) in [5, 5.41) is 0. The van der Waals surface area contributed by atoms with Crippen LogP contribution in [0.15, 0.2) is 11.6 Å². The highest BCUT2D eigenvalue weighted by atomic mass is 16.1. The molecule has 0 radical (unpaired) electrons. The molecule has 160 valence electrons. The molecule has 2 nitrogen and oxygen atoms in total. The molecule has 0 aromatic rings. The van der Waals surface area contributed by atoms with Gasteiger partial charge in [0.2, 0.25) is 0 Å². The van der Waals surface area contributed by atoms with Gasteiger partial charge >= 0.3 is 0 Å². The van der Waals surface area contributed by atoms with Gasteiger partial charge in [-0.1, -0.05) is 54.0 Å². The molecule has 0 N–H and O–H groups in total. The van der Waals surface area contributed by atoms with Crippen LogP contribution in [-0.2, 0) is 9.59 Å². The molecule has 3 fully saturated rings. The number of hydrogen-bond donors (Lipinski definition) is 0. The maximum absolute atomic E-state index is 12.2. The third-order valence-corrected chi connectivity index (χ3v) is 8.77. The van der Waals surface area contributed by atoms with Gasteiger partial charge in [-0.25, -0.2) is 0 Å². The number of carbonyl (C=O) groups excluding carboxylic acids is 2. The summed E-state index contributed by atoms with van der Waals surface area (Å²) in [5.74, 6) is 3.75. The van der Waals surface area contributed by atoms with Crippen LogP contribution < -0.4 is 0 Å². The quantitative estimate of drug-likeness (QED) is 0.483. The SMILES string of the molecule is CC.CC.CC(=O)C1CCC2C3C[C@H](C)C4=CC(=O)CCC4(C)C3CCC12C. The molecule has 2 heteroatoms. The van der Waals surface area contributed by atoms with E-state index in [1.807, 2.05) is 40.7 Å². The minimum absolute atomic E-state index is 0.228. The number of ketones is 2. The predicted molar refractivity (Wildman–Crippen MR) is 118 cm³/mol. The Morgan fingerprint density at radius 3 is 2.25 bits per heavy atom. The van der Waals surface area contributed by atoms with Crippen LogP contribution in [0.4, 0.5) is 0 Å². The summed E-state index contributed by atoms with van der Waals surface area (Å²) in [5.41, 5.74) is 1.91. The van der Waals surface area contributed by atoms with Crippen molar-refractivity contribution in [2.75, 3.05) is 0 Å². The van der Waals surface area contributed by atoms with Crippen LogP contribution in [0.3, 0.4) is 0 Å². The number of fused-ring (bicyclic) bond motifs is 5. The van der Waals surface area contributed by atoms with Gasteiger partial charge in [-0.15, -0.1) is 0 Å². The van der Waals surface area contributed by atoms with Crippen molar-refractivity contribution in [1.29, 1.82) is 0 Å². The van der Waals surface area contributed by atoms with E-state index in [1.165, 1.54) is 31.3 Å². The molecular formula is C26H44O2. The van der Waals surface area contributed by atoms with Crippen molar-refractivity contribution in [1.82, 2.24) is 0 Å². The Morgan fingerprint density at radius 1 is 1.00 bits per heavy atom. The molecule has 3 saturated carbocycles. The lowest BCUT2D eigenvalue weighted by atomic mass is 9.45. The first-order chi connectivity index (χ1) is 13.3. The van der Waals surface area contributed by atoms with Gasteiger partial charge in [-0.05, 0) is 86.0 Å². The van der Waals surface area contributed by atoms with Crippen molar-refractivity contribution in [3.8, 4) is 0 Å². The second-order valence-corrected chi connectivity index (χ2v) is 9.78. The summed E-state index contributed by atoms with van der Waals surface area (Å²) in [6, 6.07) is 0. The predicted octanol–water partition coefficient (Wildman–Crippen LogP) is 7.02. The van der Waals surface area contributed by atoms with Crippen molar-refractivity contribution >= 4 is 11.6 Å². The molecule has 7 atom stereocenters. The topological polar surface area (TPSA) is 34.1 Å². The van der Waals surface area contributed by atoms with E-state index in [9.17, 15) is 9.59 Å². The summed E-state index contributed by atoms with van der Waals surface area (Å²) in [6.45, 7) is 17.0. The summed E-state index contributed by atoms with van der Waals surface area (Å²) in [6.07, 6.45) is 9.80. The number of hydrogen-bond acceptors (Lipinski definition) is 2. The van der Waals surface area contributed by atoms with E-state index in [-0.39, 0.29) is 16.7 Å². The molecular weight excluding hydrogens is 344 g/mol. The second-order valence-electron chi connectivity index (χ2n) is 9.78. The Balaban J connectivity index is 0.000000660. The zero-order valence-corrected chi connectivity index (χ0v) is 19.7. The summed E-state index contributed by atoms with van der Waals surface area (Å²) >= 11 is 0. The molecule has 0 amide bonds. The zero-order chi connectivity index (χ0) is 21.3. The Labute approximate surface area is 173 Å². The second kappa shape index (κ2) is 8.84. The van der Waals surface area contributed by atoms with Crippen LogP contribution in [0.1, 0.15) is 100 Å². The van der Waals surface area contributed by atoms with Gasteiger partial charge in [0.25, 0.3) is 0 Å². The first-order valence-corrected chi connectivity index (χ1v) is 12.0. The van der Waals surface area contributed by atoms with Crippen LogP contribution in [0.2, 0.25) is 0 Å². The summed E-state index contributed by atoms with van der Waals surface area (Å²) in [4.78, 5) is 24.2. The lowest BCUT2D eigenvalue weighted by Gasteiger charge is -2.59. The average molecular weight is 389 g/mol.